The number of nitrogens with one attached hydrogen (secondary N) is 1. The molecule has 0 fully saturated rings. The molecule has 0 bridgehead atoms. The van der Waals surface area contributed by atoms with E-state index >= 15 is 0 Å². The molecule has 0 amide bonds. The first-order chi connectivity index (χ1) is 19.4. The quantitative estimate of drug-likeness (QED) is 0.175. The molecule has 13 heteroatoms. The molecule has 0 aliphatic rings. The van der Waals surface area contributed by atoms with Crippen LogP contribution in [0.4, 0.5) is 28.4 Å². The summed E-state index contributed by atoms with van der Waals surface area (Å²) in [4.78, 5) is 0.228. The van der Waals surface area contributed by atoms with Crippen LogP contribution in [0.3, 0.4) is 0 Å². The summed E-state index contributed by atoms with van der Waals surface area (Å²) >= 11 is 0. The van der Waals surface area contributed by atoms with Gasteiger partial charge in [-0.2, -0.15) is 5.11 Å². The van der Waals surface area contributed by atoms with Crippen LogP contribution < -0.4 is 5.32 Å². The Bertz CT molecular complexity index is 1900. The van der Waals surface area contributed by atoms with Crippen LogP contribution in [0.25, 0.3) is 10.8 Å². The number of aryl methyl sites for hydroxylation is 1. The van der Waals surface area contributed by atoms with Crippen LogP contribution in [0.15, 0.2) is 90.9 Å². The van der Waals surface area contributed by atoms with E-state index in [-0.39, 0.29) is 44.2 Å². The van der Waals surface area contributed by atoms with Crippen LogP contribution in [0, 0.1) is 6.92 Å². The fourth-order valence-corrected chi connectivity index (χ4v) is 6.12. The topological polar surface area (TPSA) is 170 Å². The molecule has 0 aliphatic heterocycles. The average Bonchev–Trinajstić information content (AvgIpc) is 2.96. The number of nitrogens with zero attached hydrogens (tertiary/aromatic N) is 4. The summed E-state index contributed by atoms with van der Waals surface area (Å²) in [6, 6.07) is 15.3. The first-order valence-corrected chi connectivity index (χ1v) is 15.9. The highest BCUT2D eigenvalue weighted by molar-refractivity contribution is 7.91. The van der Waals surface area contributed by atoms with E-state index in [9.17, 15) is 27.0 Å². The zero-order valence-corrected chi connectivity index (χ0v) is 24.5. The average molecular weight is 596 g/mol. The molecule has 0 saturated heterocycles. The summed E-state index contributed by atoms with van der Waals surface area (Å²) in [5.41, 5.74) is 2.11. The molecule has 41 heavy (non-hydrogen) atoms. The minimum atomic E-state index is -3.53. The summed E-state index contributed by atoms with van der Waals surface area (Å²) in [5, 5.41) is 42.1. The van der Waals surface area contributed by atoms with Gasteiger partial charge in [0, 0.05) is 23.9 Å². The van der Waals surface area contributed by atoms with E-state index in [0.717, 1.165) is 6.07 Å². The van der Waals surface area contributed by atoms with E-state index in [1.165, 1.54) is 31.2 Å². The van der Waals surface area contributed by atoms with Crippen molar-refractivity contribution in [1.29, 1.82) is 0 Å². The molecule has 0 aromatic heterocycles. The van der Waals surface area contributed by atoms with E-state index in [1.807, 2.05) is 0 Å². The second kappa shape index (κ2) is 11.6. The zero-order chi connectivity index (χ0) is 29.9. The fourth-order valence-electron chi connectivity index (χ4n) is 4.09. The molecule has 11 nitrogen and oxygen atoms in total. The van der Waals surface area contributed by atoms with E-state index in [2.05, 4.69) is 25.8 Å². The highest BCUT2D eigenvalue weighted by Crippen LogP contribution is 2.43. The Morgan fingerprint density at radius 3 is 2.00 bits per heavy atom. The molecule has 4 aromatic carbocycles. The van der Waals surface area contributed by atoms with Gasteiger partial charge in [-0.15, -0.1) is 15.3 Å². The first-order valence-electron chi connectivity index (χ1n) is 12.6. The lowest BCUT2D eigenvalue weighted by atomic mass is 10.1. The third kappa shape index (κ3) is 6.05. The largest absolute Gasteiger partial charge is 0.506 e. The number of fused-ring (bicyclic) bond motifs is 1. The Labute approximate surface area is 238 Å². The number of phenolic OH excluding ortho intramolecular Hbond substituents is 2. The lowest BCUT2D eigenvalue weighted by Crippen LogP contribution is -2.05. The molecule has 0 atom stereocenters. The molecule has 214 valence electrons. The summed E-state index contributed by atoms with van der Waals surface area (Å²) in [6.07, 6.45) is 0. The third-order valence-corrected chi connectivity index (χ3v) is 10.1. The molecule has 0 radical (unpaired) electrons. The number of aromatic hydroxyl groups is 2. The molecule has 0 spiro atoms. The number of benzene rings is 4. The molecule has 0 unspecified atom stereocenters. The second-order valence-electron chi connectivity index (χ2n) is 9.05. The first kappa shape index (κ1) is 29.6. The van der Waals surface area contributed by atoms with Gasteiger partial charge in [-0.05, 0) is 67.1 Å². The summed E-state index contributed by atoms with van der Waals surface area (Å²) in [5.74, 6) is -0.642. The standard InChI is InChI=1S/C28H29N5O6S2/c1-5-40(36,37)19-9-7-18(8-10-19)30-33-27-20-11-14-23(28(35)21(20)12-13-22(27)29-4)31-32-24-15-17(3)26(16-25(24)34)41(38,39)6-2/h7-16,29,34-35H,5-6H2,1-4H3/b32-31+,33-30+. The van der Waals surface area contributed by atoms with Gasteiger partial charge in [0.25, 0.3) is 0 Å². The number of hydrogen-bond acceptors (Lipinski definition) is 11. The Kier molecular flexibility index (Phi) is 8.40. The Morgan fingerprint density at radius 2 is 1.37 bits per heavy atom. The zero-order valence-electron chi connectivity index (χ0n) is 22.8. The van der Waals surface area contributed by atoms with Crippen LogP contribution in [0.2, 0.25) is 0 Å². The molecule has 4 rings (SSSR count). The molecular weight excluding hydrogens is 566 g/mol. The number of azo groups is 2. The van der Waals surface area contributed by atoms with E-state index in [0.29, 0.717) is 33.4 Å². The highest BCUT2D eigenvalue weighted by Gasteiger charge is 2.18. The lowest BCUT2D eigenvalue weighted by molar-refractivity contribution is 0.473. The molecular formula is C28H29N5O6S2. The monoisotopic (exact) mass is 595 g/mol. The summed E-state index contributed by atoms with van der Waals surface area (Å²) < 4.78 is 48.6. The van der Waals surface area contributed by atoms with Crippen LogP contribution in [-0.2, 0) is 19.7 Å². The number of phenols is 2. The molecule has 0 saturated carbocycles. The van der Waals surface area contributed by atoms with E-state index in [1.54, 1.807) is 51.2 Å². The van der Waals surface area contributed by atoms with Crippen molar-refractivity contribution in [3.05, 3.63) is 66.2 Å². The van der Waals surface area contributed by atoms with Gasteiger partial charge >= 0.3 is 0 Å². The van der Waals surface area contributed by atoms with Gasteiger partial charge in [0.05, 0.1) is 32.7 Å². The van der Waals surface area contributed by atoms with Crippen molar-refractivity contribution in [2.45, 2.75) is 30.6 Å². The van der Waals surface area contributed by atoms with Crippen LogP contribution in [0.1, 0.15) is 19.4 Å². The van der Waals surface area contributed by atoms with Crippen molar-refractivity contribution in [2.75, 3.05) is 23.9 Å². The maximum Gasteiger partial charge on any atom is 0.178 e. The van der Waals surface area contributed by atoms with Crippen molar-refractivity contribution in [1.82, 2.24) is 0 Å². The number of sulfone groups is 2. The van der Waals surface area contributed by atoms with E-state index < -0.39 is 19.7 Å². The molecule has 3 N–H and O–H groups in total. The van der Waals surface area contributed by atoms with Gasteiger partial charge in [0.2, 0.25) is 0 Å². The maximum absolute atomic E-state index is 12.3. The van der Waals surface area contributed by atoms with E-state index in [4.69, 9.17) is 0 Å². The maximum atomic E-state index is 12.3. The summed E-state index contributed by atoms with van der Waals surface area (Å²) in [6.45, 7) is 4.70. The third-order valence-electron chi connectivity index (χ3n) is 6.49. The van der Waals surface area contributed by atoms with Crippen LogP contribution in [-0.4, -0.2) is 45.6 Å². The smallest absolute Gasteiger partial charge is 0.178 e. The highest BCUT2D eigenvalue weighted by atomic mass is 32.2. The predicted octanol–water partition coefficient (Wildman–Crippen LogP) is 7.02. The molecule has 4 aromatic rings. The van der Waals surface area contributed by atoms with Gasteiger partial charge in [-0.3, -0.25) is 0 Å². The molecule has 0 aliphatic carbocycles. The number of anilines is 1. The molecule has 0 heterocycles. The Hall–Kier alpha value is -4.36. The van der Waals surface area contributed by atoms with Gasteiger partial charge in [0.15, 0.2) is 25.4 Å². The minimum Gasteiger partial charge on any atom is -0.506 e. The van der Waals surface area contributed by atoms with Crippen molar-refractivity contribution in [2.24, 2.45) is 20.5 Å². The van der Waals surface area contributed by atoms with Crippen LogP contribution in [0.5, 0.6) is 11.5 Å². The predicted molar refractivity (Wildman–Crippen MR) is 158 cm³/mol. The van der Waals surface area contributed by atoms with Gasteiger partial charge < -0.3 is 15.5 Å². The second-order valence-corrected chi connectivity index (χ2v) is 13.6. The summed E-state index contributed by atoms with van der Waals surface area (Å²) in [7, 11) is -5.14. The Balaban J connectivity index is 1.70. The van der Waals surface area contributed by atoms with Crippen molar-refractivity contribution >= 4 is 58.9 Å². The number of rotatable bonds is 9. The van der Waals surface area contributed by atoms with Crippen LogP contribution >= 0.6 is 0 Å². The SMILES string of the molecule is CCS(=O)(=O)c1ccc(/N=N/c2c(NC)ccc3c(O)c(/N=N/c4cc(C)c(S(=O)(=O)CC)cc4O)ccc23)cc1. The van der Waals surface area contributed by atoms with Crippen molar-refractivity contribution in [3.8, 4) is 11.5 Å². The van der Waals surface area contributed by atoms with Crippen molar-refractivity contribution in [3.63, 3.8) is 0 Å². The Morgan fingerprint density at radius 1 is 0.732 bits per heavy atom. The normalized spacial score (nSPS) is 12.5. The van der Waals surface area contributed by atoms with Gasteiger partial charge in [0.1, 0.15) is 22.8 Å². The fraction of sp³-hybridized carbons (Fsp3) is 0.214. The van der Waals surface area contributed by atoms with Crippen molar-refractivity contribution < 1.29 is 27.0 Å². The minimum absolute atomic E-state index is 0.00316. The lowest BCUT2D eigenvalue weighted by Gasteiger charge is -2.11. The van der Waals surface area contributed by atoms with Gasteiger partial charge in [-0.1, -0.05) is 13.8 Å². The van der Waals surface area contributed by atoms with Gasteiger partial charge in [-0.25, -0.2) is 16.8 Å². The number of hydrogen-bond donors (Lipinski definition) is 3.